The van der Waals surface area contributed by atoms with Crippen molar-refractivity contribution in [3.8, 4) is 0 Å². The zero-order valence-corrected chi connectivity index (χ0v) is 12.0. The monoisotopic (exact) mass is 280 g/mol. The highest BCUT2D eigenvalue weighted by Crippen LogP contribution is 2.16. The van der Waals surface area contributed by atoms with Crippen molar-refractivity contribution in [1.82, 2.24) is 9.80 Å². The fourth-order valence-electron chi connectivity index (χ4n) is 2.29. The Balaban J connectivity index is 1.80. The quantitative estimate of drug-likeness (QED) is 0.830. The second-order valence-electron chi connectivity index (χ2n) is 4.79. The number of aliphatic carboxylic acids is 1. The van der Waals surface area contributed by atoms with E-state index in [0.717, 1.165) is 32.7 Å². The molecule has 5 heteroatoms. The third kappa shape index (κ3) is 4.53. The van der Waals surface area contributed by atoms with Crippen molar-refractivity contribution in [2.75, 3.05) is 39.0 Å². The van der Waals surface area contributed by atoms with E-state index in [1.165, 1.54) is 10.5 Å². The molecule has 0 atom stereocenters. The first-order chi connectivity index (χ1) is 9.17. The Morgan fingerprint density at radius 1 is 1.16 bits per heavy atom. The molecule has 1 aliphatic heterocycles. The van der Waals surface area contributed by atoms with E-state index in [-0.39, 0.29) is 6.54 Å². The molecule has 1 N–H and O–H groups in total. The molecule has 0 radical (unpaired) electrons. The average Bonchev–Trinajstić information content (AvgIpc) is 2.41. The van der Waals surface area contributed by atoms with Gasteiger partial charge in [-0.25, -0.2) is 0 Å². The molecule has 0 aromatic heterocycles. The number of piperazine rings is 1. The van der Waals surface area contributed by atoms with Crippen molar-refractivity contribution in [3.63, 3.8) is 0 Å². The van der Waals surface area contributed by atoms with Crippen molar-refractivity contribution in [1.29, 1.82) is 0 Å². The number of carboxylic acid groups (broad SMARTS) is 1. The van der Waals surface area contributed by atoms with Crippen LogP contribution < -0.4 is 0 Å². The molecular weight excluding hydrogens is 260 g/mol. The van der Waals surface area contributed by atoms with Crippen LogP contribution in [0.1, 0.15) is 5.56 Å². The van der Waals surface area contributed by atoms with E-state index in [2.05, 4.69) is 35.4 Å². The molecule has 1 aliphatic rings. The molecule has 104 valence electrons. The van der Waals surface area contributed by atoms with Crippen LogP contribution >= 0.6 is 11.8 Å². The summed E-state index contributed by atoms with van der Waals surface area (Å²) in [5.41, 5.74) is 1.32. The number of carbonyl (C=O) groups is 1. The van der Waals surface area contributed by atoms with Gasteiger partial charge in [-0.3, -0.25) is 14.6 Å². The fourth-order valence-corrected chi connectivity index (χ4v) is 2.69. The average molecular weight is 280 g/mol. The first kappa shape index (κ1) is 14.4. The zero-order chi connectivity index (χ0) is 13.7. The van der Waals surface area contributed by atoms with Crippen LogP contribution in [0.4, 0.5) is 0 Å². The molecular formula is C14H20N2O2S. The Bertz CT molecular complexity index is 414. The molecule has 19 heavy (non-hydrogen) atoms. The number of carboxylic acids is 1. The Morgan fingerprint density at radius 3 is 2.26 bits per heavy atom. The number of hydrogen-bond acceptors (Lipinski definition) is 4. The highest BCUT2D eigenvalue weighted by Gasteiger charge is 2.18. The van der Waals surface area contributed by atoms with E-state index in [0.29, 0.717) is 0 Å². The normalized spacial score (nSPS) is 17.5. The SMILES string of the molecule is CSc1ccc(CN2CCN(CC(=O)O)CC2)cc1. The van der Waals surface area contributed by atoms with Gasteiger partial charge in [0.1, 0.15) is 0 Å². The molecule has 0 saturated carbocycles. The van der Waals surface area contributed by atoms with Crippen LogP contribution in [0.2, 0.25) is 0 Å². The lowest BCUT2D eigenvalue weighted by molar-refractivity contribution is -0.138. The minimum absolute atomic E-state index is 0.163. The van der Waals surface area contributed by atoms with Crippen LogP contribution in [-0.2, 0) is 11.3 Å². The minimum Gasteiger partial charge on any atom is -0.480 e. The van der Waals surface area contributed by atoms with Crippen LogP contribution in [0.15, 0.2) is 29.2 Å². The summed E-state index contributed by atoms with van der Waals surface area (Å²) < 4.78 is 0. The summed E-state index contributed by atoms with van der Waals surface area (Å²) in [4.78, 5) is 16.3. The fraction of sp³-hybridized carbons (Fsp3) is 0.500. The largest absolute Gasteiger partial charge is 0.480 e. The third-order valence-corrected chi connectivity index (χ3v) is 4.13. The highest BCUT2D eigenvalue weighted by atomic mass is 32.2. The summed E-state index contributed by atoms with van der Waals surface area (Å²) >= 11 is 1.75. The van der Waals surface area contributed by atoms with Crippen LogP contribution in [0.25, 0.3) is 0 Å². The molecule has 1 heterocycles. The van der Waals surface area contributed by atoms with E-state index in [9.17, 15) is 4.79 Å². The van der Waals surface area contributed by atoms with E-state index in [1.54, 1.807) is 11.8 Å². The number of benzene rings is 1. The van der Waals surface area contributed by atoms with Gasteiger partial charge in [0.2, 0.25) is 0 Å². The van der Waals surface area contributed by atoms with E-state index in [1.807, 2.05) is 4.90 Å². The molecule has 0 bridgehead atoms. The van der Waals surface area contributed by atoms with Gasteiger partial charge in [-0.05, 0) is 24.0 Å². The van der Waals surface area contributed by atoms with Crippen molar-refractivity contribution in [2.45, 2.75) is 11.4 Å². The number of rotatable bonds is 5. The van der Waals surface area contributed by atoms with Crippen molar-refractivity contribution in [2.24, 2.45) is 0 Å². The molecule has 4 nitrogen and oxygen atoms in total. The van der Waals surface area contributed by atoms with Gasteiger partial charge in [0.15, 0.2) is 0 Å². The minimum atomic E-state index is -0.735. The summed E-state index contributed by atoms with van der Waals surface area (Å²) in [5.74, 6) is -0.735. The number of hydrogen-bond donors (Lipinski definition) is 1. The highest BCUT2D eigenvalue weighted by molar-refractivity contribution is 7.98. The van der Waals surface area contributed by atoms with Crippen LogP contribution in [0, 0.1) is 0 Å². The Hall–Kier alpha value is -1.04. The summed E-state index contributed by atoms with van der Waals surface area (Å²) in [5, 5.41) is 8.76. The Kier molecular flexibility index (Phi) is 5.24. The van der Waals surface area contributed by atoms with Gasteiger partial charge in [0.25, 0.3) is 0 Å². The molecule has 1 saturated heterocycles. The summed E-state index contributed by atoms with van der Waals surface area (Å²) in [6.45, 7) is 4.69. The van der Waals surface area contributed by atoms with Gasteiger partial charge < -0.3 is 5.11 Å². The van der Waals surface area contributed by atoms with Gasteiger partial charge in [0, 0.05) is 37.6 Å². The van der Waals surface area contributed by atoms with E-state index < -0.39 is 5.97 Å². The smallest absolute Gasteiger partial charge is 0.317 e. The summed E-state index contributed by atoms with van der Waals surface area (Å²) in [6.07, 6.45) is 2.08. The molecule has 0 aliphatic carbocycles. The van der Waals surface area contributed by atoms with Gasteiger partial charge in [-0.2, -0.15) is 0 Å². The molecule has 2 rings (SSSR count). The number of thioether (sulfide) groups is 1. The van der Waals surface area contributed by atoms with Crippen LogP contribution in [0.5, 0.6) is 0 Å². The van der Waals surface area contributed by atoms with Crippen molar-refractivity contribution in [3.05, 3.63) is 29.8 Å². The van der Waals surface area contributed by atoms with E-state index in [4.69, 9.17) is 5.11 Å². The Morgan fingerprint density at radius 2 is 1.74 bits per heavy atom. The maximum absolute atomic E-state index is 10.6. The lowest BCUT2D eigenvalue weighted by atomic mass is 10.2. The lowest BCUT2D eigenvalue weighted by Crippen LogP contribution is -2.47. The zero-order valence-electron chi connectivity index (χ0n) is 11.2. The van der Waals surface area contributed by atoms with Gasteiger partial charge >= 0.3 is 5.97 Å². The van der Waals surface area contributed by atoms with Crippen LogP contribution in [-0.4, -0.2) is 59.9 Å². The first-order valence-corrected chi connectivity index (χ1v) is 7.69. The van der Waals surface area contributed by atoms with Crippen molar-refractivity contribution < 1.29 is 9.90 Å². The summed E-state index contributed by atoms with van der Waals surface area (Å²) in [6, 6.07) is 8.66. The van der Waals surface area contributed by atoms with Crippen molar-refractivity contribution >= 4 is 17.7 Å². The second-order valence-corrected chi connectivity index (χ2v) is 5.67. The molecule has 0 unspecified atom stereocenters. The molecule has 1 aromatic rings. The first-order valence-electron chi connectivity index (χ1n) is 6.47. The lowest BCUT2D eigenvalue weighted by Gasteiger charge is -2.33. The molecule has 0 spiro atoms. The standard InChI is InChI=1S/C14H20N2O2S/c1-19-13-4-2-12(3-5-13)10-15-6-8-16(9-7-15)11-14(17)18/h2-5H,6-11H2,1H3,(H,17,18). The van der Waals surface area contributed by atoms with Gasteiger partial charge in [0.05, 0.1) is 6.54 Å². The predicted octanol–water partition coefficient (Wildman–Crippen LogP) is 1.61. The van der Waals surface area contributed by atoms with Gasteiger partial charge in [-0.1, -0.05) is 12.1 Å². The topological polar surface area (TPSA) is 43.8 Å². The molecule has 1 fully saturated rings. The maximum Gasteiger partial charge on any atom is 0.317 e. The third-order valence-electron chi connectivity index (χ3n) is 3.39. The van der Waals surface area contributed by atoms with Crippen LogP contribution in [0.3, 0.4) is 0 Å². The number of nitrogens with zero attached hydrogens (tertiary/aromatic N) is 2. The predicted molar refractivity (Wildman–Crippen MR) is 77.6 cm³/mol. The molecule has 0 amide bonds. The van der Waals surface area contributed by atoms with Gasteiger partial charge in [-0.15, -0.1) is 11.8 Å². The Labute approximate surface area is 118 Å². The summed E-state index contributed by atoms with van der Waals surface area (Å²) in [7, 11) is 0. The maximum atomic E-state index is 10.6. The second kappa shape index (κ2) is 6.93. The van der Waals surface area contributed by atoms with E-state index >= 15 is 0 Å². The molecule has 1 aromatic carbocycles.